The van der Waals surface area contributed by atoms with Gasteiger partial charge < -0.3 is 10.0 Å². The lowest BCUT2D eigenvalue weighted by Gasteiger charge is -2.36. The fraction of sp³-hybridized carbons (Fsp3) is 0.571. The average Bonchev–Trinajstić information content (AvgIpc) is 2.24. The largest absolute Gasteiger partial charge is 0.508 e. The number of phenols is 1. The topological polar surface area (TPSA) is 23.5 Å². The molecule has 0 bridgehead atoms. The Morgan fingerprint density at radius 2 is 2.19 bits per heavy atom. The molecule has 1 aliphatic heterocycles. The van der Waals surface area contributed by atoms with Gasteiger partial charge in [0.2, 0.25) is 0 Å². The molecule has 1 unspecified atom stereocenters. The molecule has 0 radical (unpaired) electrons. The van der Waals surface area contributed by atoms with Gasteiger partial charge in [0, 0.05) is 6.54 Å². The maximum absolute atomic E-state index is 9.77. The van der Waals surface area contributed by atoms with Crippen LogP contribution in [-0.4, -0.2) is 29.6 Å². The van der Waals surface area contributed by atoms with Crippen molar-refractivity contribution >= 4 is 0 Å². The van der Waals surface area contributed by atoms with E-state index in [4.69, 9.17) is 0 Å². The van der Waals surface area contributed by atoms with E-state index in [9.17, 15) is 5.11 Å². The summed E-state index contributed by atoms with van der Waals surface area (Å²) in [6, 6.07) is 5.96. The molecule has 16 heavy (non-hydrogen) atoms. The van der Waals surface area contributed by atoms with Crippen molar-refractivity contribution < 1.29 is 5.11 Å². The Morgan fingerprint density at radius 3 is 2.94 bits per heavy atom. The zero-order valence-corrected chi connectivity index (χ0v) is 9.65. The number of phenolic OH excluding ortho intramolecular Hbond substituents is 1. The van der Waals surface area contributed by atoms with E-state index in [0.717, 1.165) is 18.8 Å². The van der Waals surface area contributed by atoms with E-state index in [-0.39, 0.29) is 0 Å². The highest BCUT2D eigenvalue weighted by Crippen LogP contribution is 2.32. The SMILES string of the molecule is Oc1cccc2c1CCC(CN1CCC1)C2. The molecule has 3 rings (SSSR count). The monoisotopic (exact) mass is 217 g/mol. The zero-order valence-electron chi connectivity index (χ0n) is 9.65. The third-order valence-electron chi connectivity index (χ3n) is 4.02. The highest BCUT2D eigenvalue weighted by molar-refractivity contribution is 5.40. The van der Waals surface area contributed by atoms with Gasteiger partial charge in [0.25, 0.3) is 0 Å². The second-order valence-corrected chi connectivity index (χ2v) is 5.18. The molecule has 1 atom stereocenters. The molecule has 2 aliphatic rings. The van der Waals surface area contributed by atoms with E-state index in [2.05, 4.69) is 11.0 Å². The van der Waals surface area contributed by atoms with E-state index in [1.807, 2.05) is 12.1 Å². The van der Waals surface area contributed by atoms with Crippen molar-refractivity contribution in [3.63, 3.8) is 0 Å². The number of fused-ring (bicyclic) bond motifs is 1. The van der Waals surface area contributed by atoms with Gasteiger partial charge in [0.05, 0.1) is 0 Å². The molecule has 1 aliphatic carbocycles. The second kappa shape index (κ2) is 4.10. The first kappa shape index (κ1) is 10.2. The van der Waals surface area contributed by atoms with Gasteiger partial charge in [0.1, 0.15) is 5.75 Å². The lowest BCUT2D eigenvalue weighted by Crippen LogP contribution is -2.41. The third-order valence-corrected chi connectivity index (χ3v) is 4.02. The minimum atomic E-state index is 0.500. The van der Waals surface area contributed by atoms with E-state index < -0.39 is 0 Å². The number of rotatable bonds is 2. The van der Waals surface area contributed by atoms with Crippen LogP contribution in [0.4, 0.5) is 0 Å². The van der Waals surface area contributed by atoms with E-state index >= 15 is 0 Å². The Kier molecular flexibility index (Phi) is 2.60. The van der Waals surface area contributed by atoms with Crippen LogP contribution in [0, 0.1) is 5.92 Å². The van der Waals surface area contributed by atoms with Crippen LogP contribution < -0.4 is 0 Å². The number of aromatic hydroxyl groups is 1. The first-order valence-electron chi connectivity index (χ1n) is 6.35. The Bertz CT molecular complexity index is 384. The summed E-state index contributed by atoms with van der Waals surface area (Å²) in [5.41, 5.74) is 2.57. The molecule has 86 valence electrons. The van der Waals surface area contributed by atoms with Gasteiger partial charge in [-0.15, -0.1) is 0 Å². The van der Waals surface area contributed by atoms with Crippen LogP contribution in [-0.2, 0) is 12.8 Å². The van der Waals surface area contributed by atoms with Crippen molar-refractivity contribution in [2.45, 2.75) is 25.7 Å². The molecule has 1 heterocycles. The normalized spacial score (nSPS) is 24.9. The van der Waals surface area contributed by atoms with Crippen LogP contribution in [0.3, 0.4) is 0 Å². The van der Waals surface area contributed by atoms with Crippen molar-refractivity contribution in [2.75, 3.05) is 19.6 Å². The van der Waals surface area contributed by atoms with Gasteiger partial charge in [0.15, 0.2) is 0 Å². The smallest absolute Gasteiger partial charge is 0.119 e. The Balaban J connectivity index is 1.70. The van der Waals surface area contributed by atoms with Crippen LogP contribution in [0.2, 0.25) is 0 Å². The van der Waals surface area contributed by atoms with Gasteiger partial charge >= 0.3 is 0 Å². The second-order valence-electron chi connectivity index (χ2n) is 5.18. The Hall–Kier alpha value is -1.02. The standard InChI is InChI=1S/C14H19NO/c16-14-4-1-3-12-9-11(5-6-13(12)14)10-15-7-2-8-15/h1,3-4,11,16H,2,5-10H2. The molecule has 0 spiro atoms. The highest BCUT2D eigenvalue weighted by Gasteiger charge is 2.24. The summed E-state index contributed by atoms with van der Waals surface area (Å²) in [4.78, 5) is 2.55. The predicted octanol–water partition coefficient (Wildman–Crippen LogP) is 2.20. The van der Waals surface area contributed by atoms with Gasteiger partial charge in [-0.05, 0) is 61.9 Å². The Morgan fingerprint density at radius 1 is 1.31 bits per heavy atom. The average molecular weight is 217 g/mol. The molecule has 2 heteroatoms. The van der Waals surface area contributed by atoms with Gasteiger partial charge in [-0.3, -0.25) is 0 Å². The van der Waals surface area contributed by atoms with Crippen molar-refractivity contribution in [1.29, 1.82) is 0 Å². The van der Waals surface area contributed by atoms with Gasteiger partial charge in [-0.2, -0.15) is 0 Å². The molecule has 0 aromatic heterocycles. The quantitative estimate of drug-likeness (QED) is 0.821. The minimum absolute atomic E-state index is 0.500. The lowest BCUT2D eigenvalue weighted by atomic mass is 9.83. The molecule has 1 saturated heterocycles. The van der Waals surface area contributed by atoms with Crippen molar-refractivity contribution in [2.24, 2.45) is 5.92 Å². The summed E-state index contributed by atoms with van der Waals surface area (Å²) in [5, 5.41) is 9.77. The first-order chi connectivity index (χ1) is 7.83. The number of benzene rings is 1. The van der Waals surface area contributed by atoms with Crippen LogP contribution in [0.1, 0.15) is 24.0 Å². The predicted molar refractivity (Wildman–Crippen MR) is 64.7 cm³/mol. The van der Waals surface area contributed by atoms with Gasteiger partial charge in [-0.25, -0.2) is 0 Å². The fourth-order valence-corrected chi connectivity index (χ4v) is 2.95. The molecule has 1 aromatic carbocycles. The van der Waals surface area contributed by atoms with Crippen LogP contribution in [0.15, 0.2) is 18.2 Å². The number of hydrogen-bond acceptors (Lipinski definition) is 2. The van der Waals surface area contributed by atoms with E-state index in [1.54, 1.807) is 0 Å². The number of likely N-dealkylation sites (tertiary alicyclic amines) is 1. The van der Waals surface area contributed by atoms with Crippen LogP contribution in [0.25, 0.3) is 0 Å². The van der Waals surface area contributed by atoms with Crippen LogP contribution in [0.5, 0.6) is 5.75 Å². The van der Waals surface area contributed by atoms with Crippen molar-refractivity contribution in [3.8, 4) is 5.75 Å². The lowest BCUT2D eigenvalue weighted by molar-refractivity contribution is 0.146. The molecule has 2 nitrogen and oxygen atoms in total. The Labute approximate surface area is 96.9 Å². The maximum Gasteiger partial charge on any atom is 0.119 e. The first-order valence-corrected chi connectivity index (χ1v) is 6.35. The van der Waals surface area contributed by atoms with Crippen molar-refractivity contribution in [3.05, 3.63) is 29.3 Å². The van der Waals surface area contributed by atoms with Crippen molar-refractivity contribution in [1.82, 2.24) is 4.90 Å². The summed E-state index contributed by atoms with van der Waals surface area (Å²) < 4.78 is 0. The van der Waals surface area contributed by atoms with Crippen LogP contribution >= 0.6 is 0 Å². The molecule has 1 aromatic rings. The molecule has 0 amide bonds. The zero-order chi connectivity index (χ0) is 11.0. The van der Waals surface area contributed by atoms with E-state index in [1.165, 1.54) is 43.6 Å². The fourth-order valence-electron chi connectivity index (χ4n) is 2.95. The summed E-state index contributed by atoms with van der Waals surface area (Å²) in [5.74, 6) is 1.30. The molecule has 0 saturated carbocycles. The maximum atomic E-state index is 9.77. The van der Waals surface area contributed by atoms with Gasteiger partial charge in [-0.1, -0.05) is 12.1 Å². The minimum Gasteiger partial charge on any atom is -0.508 e. The number of nitrogens with zero attached hydrogens (tertiary/aromatic N) is 1. The molecular weight excluding hydrogens is 198 g/mol. The molecular formula is C14H19NO. The number of hydrogen-bond donors (Lipinski definition) is 1. The molecule has 1 fully saturated rings. The summed E-state index contributed by atoms with van der Waals surface area (Å²) in [7, 11) is 0. The third kappa shape index (κ3) is 1.82. The summed E-state index contributed by atoms with van der Waals surface area (Å²) in [6.07, 6.45) is 4.83. The highest BCUT2D eigenvalue weighted by atomic mass is 16.3. The summed E-state index contributed by atoms with van der Waals surface area (Å²) >= 11 is 0. The summed E-state index contributed by atoms with van der Waals surface area (Å²) in [6.45, 7) is 3.85. The molecule has 1 N–H and O–H groups in total. The van der Waals surface area contributed by atoms with E-state index in [0.29, 0.717) is 5.75 Å².